The summed E-state index contributed by atoms with van der Waals surface area (Å²) >= 11 is 0. The Bertz CT molecular complexity index is 492. The molecule has 0 saturated carbocycles. The molecule has 0 radical (unpaired) electrons. The minimum Gasteiger partial charge on any atom is -0.507 e. The average Bonchev–Trinajstić information content (AvgIpc) is 2.49. The quantitative estimate of drug-likeness (QED) is 0.577. The van der Waals surface area contributed by atoms with Crippen LogP contribution in [-0.2, 0) is 4.74 Å². The zero-order valence-electron chi connectivity index (χ0n) is 13.0. The van der Waals surface area contributed by atoms with Gasteiger partial charge in [0.2, 0.25) is 0 Å². The maximum Gasteiger partial charge on any atom is 0.342 e. The van der Waals surface area contributed by atoms with E-state index in [4.69, 9.17) is 9.47 Å². The summed E-state index contributed by atoms with van der Waals surface area (Å²) in [5.41, 5.74) is 0.775. The Hall–Kier alpha value is -1.97. The third kappa shape index (κ3) is 5.14. The molecule has 0 heterocycles. The van der Waals surface area contributed by atoms with Gasteiger partial charge in [0, 0.05) is 6.07 Å². The topological polar surface area (TPSA) is 55.8 Å². The molecule has 0 fully saturated rings. The van der Waals surface area contributed by atoms with Crippen LogP contribution in [0.3, 0.4) is 0 Å². The van der Waals surface area contributed by atoms with E-state index in [0.717, 1.165) is 12.8 Å². The number of methoxy groups -OCH3 is 2. The number of rotatable bonds is 8. The molecule has 0 saturated heterocycles. The fourth-order valence-corrected chi connectivity index (χ4v) is 2.09. The van der Waals surface area contributed by atoms with Crippen molar-refractivity contribution < 1.29 is 19.4 Å². The van der Waals surface area contributed by atoms with Crippen LogP contribution in [0.5, 0.6) is 11.5 Å². The van der Waals surface area contributed by atoms with Crippen molar-refractivity contribution in [2.45, 2.75) is 39.0 Å². The smallest absolute Gasteiger partial charge is 0.342 e. The SMILES string of the molecule is CCCCCCC=Cc1cc(OC)cc(O)c1C(=O)OC. The van der Waals surface area contributed by atoms with Gasteiger partial charge in [0.25, 0.3) is 0 Å². The van der Waals surface area contributed by atoms with E-state index < -0.39 is 5.97 Å². The molecule has 0 amide bonds. The summed E-state index contributed by atoms with van der Waals surface area (Å²) in [7, 11) is 2.81. The second-order valence-electron chi connectivity index (χ2n) is 4.85. The lowest BCUT2D eigenvalue weighted by atomic mass is 10.0. The number of carbonyl (C=O) groups is 1. The monoisotopic (exact) mass is 292 g/mol. The van der Waals surface area contributed by atoms with E-state index in [-0.39, 0.29) is 11.3 Å². The highest BCUT2D eigenvalue weighted by molar-refractivity contribution is 5.96. The lowest BCUT2D eigenvalue weighted by Gasteiger charge is -2.09. The highest BCUT2D eigenvalue weighted by Crippen LogP contribution is 2.29. The van der Waals surface area contributed by atoms with Gasteiger partial charge in [-0.3, -0.25) is 0 Å². The van der Waals surface area contributed by atoms with Crippen molar-refractivity contribution in [2.24, 2.45) is 0 Å². The second kappa shape index (κ2) is 9.06. The Morgan fingerprint density at radius 3 is 2.62 bits per heavy atom. The highest BCUT2D eigenvalue weighted by Gasteiger charge is 2.17. The number of hydrogen-bond donors (Lipinski definition) is 1. The van der Waals surface area contributed by atoms with Crippen LogP contribution in [0.25, 0.3) is 6.08 Å². The van der Waals surface area contributed by atoms with Gasteiger partial charge in [-0.15, -0.1) is 0 Å². The molecule has 0 bridgehead atoms. The van der Waals surface area contributed by atoms with Crippen LogP contribution in [-0.4, -0.2) is 25.3 Å². The summed E-state index contributed by atoms with van der Waals surface area (Å²) in [5, 5.41) is 9.96. The van der Waals surface area contributed by atoms with Crippen molar-refractivity contribution in [1.29, 1.82) is 0 Å². The molecular formula is C17H24O4. The van der Waals surface area contributed by atoms with Crippen LogP contribution < -0.4 is 4.74 Å². The molecule has 1 rings (SSSR count). The molecule has 0 spiro atoms. The van der Waals surface area contributed by atoms with Crippen LogP contribution in [0, 0.1) is 0 Å². The first-order valence-electron chi connectivity index (χ1n) is 7.29. The van der Waals surface area contributed by atoms with Crippen molar-refractivity contribution in [2.75, 3.05) is 14.2 Å². The minimum atomic E-state index is -0.555. The van der Waals surface area contributed by atoms with E-state index in [2.05, 4.69) is 6.92 Å². The molecule has 116 valence electrons. The van der Waals surface area contributed by atoms with Gasteiger partial charge in [-0.05, 0) is 24.5 Å². The molecule has 0 aliphatic rings. The third-order valence-corrected chi connectivity index (χ3v) is 3.27. The average molecular weight is 292 g/mol. The Kier molecular flexibility index (Phi) is 7.37. The highest BCUT2D eigenvalue weighted by atomic mass is 16.5. The fourth-order valence-electron chi connectivity index (χ4n) is 2.09. The Labute approximate surface area is 126 Å². The molecule has 0 atom stereocenters. The van der Waals surface area contributed by atoms with Crippen LogP contribution in [0.2, 0.25) is 0 Å². The fraction of sp³-hybridized carbons (Fsp3) is 0.471. The Morgan fingerprint density at radius 2 is 2.00 bits per heavy atom. The number of phenolic OH excluding ortho intramolecular Hbond substituents is 1. The van der Waals surface area contributed by atoms with Gasteiger partial charge in [0.1, 0.15) is 17.1 Å². The van der Waals surface area contributed by atoms with Crippen molar-refractivity contribution >= 4 is 12.0 Å². The largest absolute Gasteiger partial charge is 0.507 e. The number of carbonyl (C=O) groups excluding carboxylic acids is 1. The summed E-state index contributed by atoms with van der Waals surface area (Å²) in [6.45, 7) is 2.18. The van der Waals surface area contributed by atoms with Gasteiger partial charge >= 0.3 is 5.97 Å². The third-order valence-electron chi connectivity index (χ3n) is 3.27. The van der Waals surface area contributed by atoms with Gasteiger partial charge in [0.05, 0.1) is 14.2 Å². The zero-order chi connectivity index (χ0) is 15.7. The minimum absolute atomic E-state index is 0.133. The number of aromatic hydroxyl groups is 1. The maximum absolute atomic E-state index is 11.8. The van der Waals surface area contributed by atoms with Crippen molar-refractivity contribution in [3.63, 3.8) is 0 Å². The summed E-state index contributed by atoms with van der Waals surface area (Å²) in [4.78, 5) is 11.8. The van der Waals surface area contributed by atoms with Crippen LogP contribution in [0.15, 0.2) is 18.2 Å². The van der Waals surface area contributed by atoms with Gasteiger partial charge in [-0.2, -0.15) is 0 Å². The van der Waals surface area contributed by atoms with E-state index in [9.17, 15) is 9.90 Å². The predicted octanol–water partition coefficient (Wildman–Crippen LogP) is 4.17. The second-order valence-corrected chi connectivity index (χ2v) is 4.85. The van der Waals surface area contributed by atoms with Crippen molar-refractivity contribution in [3.05, 3.63) is 29.3 Å². The molecule has 1 N–H and O–H groups in total. The molecule has 4 nitrogen and oxygen atoms in total. The molecule has 4 heteroatoms. The van der Waals surface area contributed by atoms with Crippen LogP contribution in [0.1, 0.15) is 54.9 Å². The first-order valence-corrected chi connectivity index (χ1v) is 7.29. The first-order chi connectivity index (χ1) is 10.1. The number of ether oxygens (including phenoxy) is 2. The molecule has 0 aromatic heterocycles. The number of benzene rings is 1. The summed E-state index contributed by atoms with van der Waals surface area (Å²) in [5.74, 6) is -0.182. The first kappa shape index (κ1) is 17.1. The number of esters is 1. The molecule has 0 aliphatic heterocycles. The molecule has 1 aromatic carbocycles. The van der Waals surface area contributed by atoms with E-state index in [0.29, 0.717) is 11.3 Å². The van der Waals surface area contributed by atoms with Gasteiger partial charge < -0.3 is 14.6 Å². The molecular weight excluding hydrogens is 268 g/mol. The van der Waals surface area contributed by atoms with Crippen molar-refractivity contribution in [1.82, 2.24) is 0 Å². The van der Waals surface area contributed by atoms with Gasteiger partial charge in [-0.25, -0.2) is 4.79 Å². The van der Waals surface area contributed by atoms with Crippen LogP contribution in [0.4, 0.5) is 0 Å². The summed E-state index contributed by atoms with van der Waals surface area (Å²) in [6.07, 6.45) is 9.55. The zero-order valence-corrected chi connectivity index (χ0v) is 13.0. The van der Waals surface area contributed by atoms with E-state index >= 15 is 0 Å². The molecule has 0 unspecified atom stereocenters. The number of allylic oxidation sites excluding steroid dienone is 1. The lowest BCUT2D eigenvalue weighted by molar-refractivity contribution is 0.0597. The van der Waals surface area contributed by atoms with Crippen molar-refractivity contribution in [3.8, 4) is 11.5 Å². The normalized spacial score (nSPS) is 10.8. The molecule has 1 aromatic rings. The molecule has 21 heavy (non-hydrogen) atoms. The predicted molar refractivity (Wildman–Crippen MR) is 83.8 cm³/mol. The number of hydrogen-bond acceptors (Lipinski definition) is 4. The summed E-state index contributed by atoms with van der Waals surface area (Å²) in [6, 6.07) is 3.12. The van der Waals surface area contributed by atoms with Crippen LogP contribution >= 0.6 is 0 Å². The Morgan fingerprint density at radius 1 is 1.24 bits per heavy atom. The standard InChI is InChI=1S/C17H24O4/c1-4-5-6-7-8-9-10-13-11-14(20-2)12-15(18)16(13)17(19)21-3/h9-12,18H,4-8H2,1-3H3. The van der Waals surface area contributed by atoms with Gasteiger partial charge in [-0.1, -0.05) is 38.3 Å². The van der Waals surface area contributed by atoms with E-state index in [1.807, 2.05) is 12.2 Å². The van der Waals surface area contributed by atoms with E-state index in [1.165, 1.54) is 39.5 Å². The maximum atomic E-state index is 11.8. The number of phenols is 1. The number of unbranched alkanes of at least 4 members (excludes halogenated alkanes) is 4. The Balaban J connectivity index is 2.89. The molecule has 0 aliphatic carbocycles. The van der Waals surface area contributed by atoms with Gasteiger partial charge in [0.15, 0.2) is 0 Å². The lowest BCUT2D eigenvalue weighted by Crippen LogP contribution is -2.04. The van der Waals surface area contributed by atoms with E-state index in [1.54, 1.807) is 6.07 Å². The summed E-state index contributed by atoms with van der Waals surface area (Å²) < 4.78 is 9.83.